The summed E-state index contributed by atoms with van der Waals surface area (Å²) in [7, 11) is 6.43. The van der Waals surface area contributed by atoms with E-state index in [1.54, 1.807) is 11.8 Å². The van der Waals surface area contributed by atoms with E-state index in [1.807, 2.05) is 37.3 Å². The number of hydrogen-bond donors (Lipinski definition) is 0. The molecule has 198 valence electrons. The third-order valence-corrected chi connectivity index (χ3v) is 7.23. The molecular weight excluding hydrogens is 478 g/mol. The van der Waals surface area contributed by atoms with Crippen LogP contribution in [-0.4, -0.2) is 66.8 Å². The lowest BCUT2D eigenvalue weighted by Gasteiger charge is -2.23. The Kier molecular flexibility index (Phi) is 16.9. The summed E-state index contributed by atoms with van der Waals surface area (Å²) >= 11 is 6.94. The Morgan fingerprint density at radius 3 is 2.20 bits per heavy atom. The van der Waals surface area contributed by atoms with Crippen LogP contribution in [0.4, 0.5) is 0 Å². The van der Waals surface area contributed by atoms with E-state index in [2.05, 4.69) is 21.1 Å². The number of Topliss-reactive ketones (excluding diaryl/α,β-unsaturated/α-hetero) is 1. The van der Waals surface area contributed by atoms with Gasteiger partial charge in [-0.15, -0.1) is 0 Å². The van der Waals surface area contributed by atoms with E-state index in [-0.39, 0.29) is 11.8 Å². The van der Waals surface area contributed by atoms with Gasteiger partial charge in [-0.1, -0.05) is 74.2 Å². The van der Waals surface area contributed by atoms with Crippen molar-refractivity contribution in [3.8, 4) is 0 Å². The van der Waals surface area contributed by atoms with Crippen molar-refractivity contribution >= 4 is 40.1 Å². The maximum Gasteiger partial charge on any atom is 0.305 e. The van der Waals surface area contributed by atoms with Gasteiger partial charge in [0.15, 0.2) is 5.78 Å². The van der Waals surface area contributed by atoms with Crippen molar-refractivity contribution in [1.29, 1.82) is 0 Å². The first-order valence-corrected chi connectivity index (χ1v) is 14.4. The van der Waals surface area contributed by atoms with E-state index in [4.69, 9.17) is 21.7 Å². The highest BCUT2D eigenvalue weighted by atomic mass is 32.2. The number of carbonyl (C=O) groups is 2. The number of ketones is 1. The van der Waals surface area contributed by atoms with Crippen molar-refractivity contribution in [2.24, 2.45) is 0 Å². The van der Waals surface area contributed by atoms with Gasteiger partial charge in [0, 0.05) is 30.1 Å². The second kappa shape index (κ2) is 18.8. The van der Waals surface area contributed by atoms with Crippen molar-refractivity contribution in [3.63, 3.8) is 0 Å². The van der Waals surface area contributed by atoms with Crippen molar-refractivity contribution < 1.29 is 23.5 Å². The molecule has 1 atom stereocenters. The summed E-state index contributed by atoms with van der Waals surface area (Å²) in [5.41, 5.74) is 0.775. The molecule has 5 nitrogen and oxygen atoms in total. The Hall–Kier alpha value is -1.44. The van der Waals surface area contributed by atoms with Crippen LogP contribution >= 0.6 is 24.0 Å². The van der Waals surface area contributed by atoms with Crippen LogP contribution in [0.2, 0.25) is 0 Å². The Balaban J connectivity index is 2.19. The fourth-order valence-corrected chi connectivity index (χ4v) is 5.26. The van der Waals surface area contributed by atoms with Gasteiger partial charge in [-0.25, -0.2) is 0 Å². The normalized spacial score (nSPS) is 12.2. The molecule has 0 aliphatic rings. The van der Waals surface area contributed by atoms with Gasteiger partial charge >= 0.3 is 5.97 Å². The van der Waals surface area contributed by atoms with Crippen LogP contribution in [0.15, 0.2) is 30.3 Å². The number of thioether (sulfide) groups is 1. The summed E-state index contributed by atoms with van der Waals surface area (Å²) < 4.78 is 12.3. The molecule has 0 aromatic heterocycles. The summed E-state index contributed by atoms with van der Waals surface area (Å²) in [5.74, 6) is 0.118. The van der Waals surface area contributed by atoms with E-state index >= 15 is 0 Å². The lowest BCUT2D eigenvalue weighted by atomic mass is 10.0. The average Bonchev–Trinajstić information content (AvgIpc) is 2.81. The molecule has 0 aliphatic heterocycles. The molecule has 0 amide bonds. The number of nitrogens with zero attached hydrogens (tertiary/aromatic N) is 1. The third kappa shape index (κ3) is 17.6. The summed E-state index contributed by atoms with van der Waals surface area (Å²) in [4.78, 5) is 24.3. The van der Waals surface area contributed by atoms with E-state index in [0.29, 0.717) is 35.7 Å². The molecular formula is C28H46NO4S2+. The molecule has 0 N–H and O–H groups in total. The number of benzene rings is 1. The highest BCUT2D eigenvalue weighted by Gasteiger charge is 2.16. The monoisotopic (exact) mass is 524 g/mol. The Bertz CT molecular complexity index is 734. The second-order valence-electron chi connectivity index (χ2n) is 10.00. The number of thiocarbonyl (C=S) groups is 1. The maximum absolute atomic E-state index is 12.5. The van der Waals surface area contributed by atoms with Crippen LogP contribution in [-0.2, 0) is 14.3 Å². The van der Waals surface area contributed by atoms with Crippen LogP contribution in [0.3, 0.4) is 0 Å². The van der Waals surface area contributed by atoms with Crippen LogP contribution in [0.5, 0.6) is 0 Å². The van der Waals surface area contributed by atoms with Gasteiger partial charge in [0.25, 0.3) is 0 Å². The number of hydrogen-bond acceptors (Lipinski definition) is 6. The predicted octanol–water partition coefficient (Wildman–Crippen LogP) is 6.83. The van der Waals surface area contributed by atoms with Crippen molar-refractivity contribution in [2.45, 2.75) is 82.8 Å². The van der Waals surface area contributed by atoms with E-state index in [9.17, 15) is 9.59 Å². The molecule has 1 rings (SSSR count). The number of quaternary nitrogens is 1. The van der Waals surface area contributed by atoms with Gasteiger partial charge < -0.3 is 14.0 Å². The molecule has 0 aliphatic carbocycles. The summed E-state index contributed by atoms with van der Waals surface area (Å²) in [6.45, 7) is 4.04. The smallest absolute Gasteiger partial charge is 0.305 e. The Morgan fingerprint density at radius 1 is 0.886 bits per heavy atom. The molecule has 0 saturated heterocycles. The second-order valence-corrected chi connectivity index (χ2v) is 11.9. The van der Waals surface area contributed by atoms with Gasteiger partial charge in [-0.3, -0.25) is 9.59 Å². The van der Waals surface area contributed by atoms with Crippen LogP contribution in [0.25, 0.3) is 0 Å². The summed E-state index contributed by atoms with van der Waals surface area (Å²) in [6, 6.07) is 9.49. The number of carbonyl (C=O) groups excluding carboxylic acids is 2. The first-order chi connectivity index (χ1) is 16.7. The predicted molar refractivity (Wildman–Crippen MR) is 151 cm³/mol. The van der Waals surface area contributed by atoms with Gasteiger partial charge in [0.05, 0.1) is 40.9 Å². The van der Waals surface area contributed by atoms with E-state index in [1.165, 1.54) is 0 Å². The number of esters is 1. The zero-order valence-electron chi connectivity index (χ0n) is 22.3. The minimum atomic E-state index is -0.0680. The fourth-order valence-electron chi connectivity index (χ4n) is 3.76. The lowest BCUT2D eigenvalue weighted by Crippen LogP contribution is -2.35. The van der Waals surface area contributed by atoms with E-state index < -0.39 is 0 Å². The first kappa shape index (κ1) is 31.6. The first-order valence-electron chi connectivity index (χ1n) is 13.1. The van der Waals surface area contributed by atoms with Crippen molar-refractivity contribution in [2.75, 3.05) is 40.9 Å². The lowest BCUT2D eigenvalue weighted by molar-refractivity contribution is -0.870. The highest BCUT2D eigenvalue weighted by Crippen LogP contribution is 2.26. The van der Waals surface area contributed by atoms with E-state index in [0.717, 1.165) is 74.4 Å². The minimum Gasteiger partial charge on any atom is -0.479 e. The minimum absolute atomic E-state index is 0.0680. The van der Waals surface area contributed by atoms with Gasteiger partial charge in [-0.2, -0.15) is 0 Å². The maximum atomic E-state index is 12.5. The van der Waals surface area contributed by atoms with Gasteiger partial charge in [-0.05, 0) is 38.4 Å². The Morgan fingerprint density at radius 2 is 1.54 bits per heavy atom. The molecule has 1 unspecified atom stereocenters. The Labute approximate surface area is 222 Å². The zero-order chi connectivity index (χ0) is 25.9. The van der Waals surface area contributed by atoms with Crippen LogP contribution in [0.1, 0.15) is 87.9 Å². The van der Waals surface area contributed by atoms with Crippen molar-refractivity contribution in [1.82, 2.24) is 0 Å². The third-order valence-electron chi connectivity index (χ3n) is 5.71. The molecule has 0 bridgehead atoms. The summed E-state index contributed by atoms with van der Waals surface area (Å²) in [5, 5.41) is 0.300. The molecule has 0 saturated carbocycles. The van der Waals surface area contributed by atoms with Crippen LogP contribution in [0, 0.1) is 0 Å². The fraction of sp³-hybridized carbons (Fsp3) is 0.679. The molecule has 0 radical (unpaired) electrons. The molecule has 0 heterocycles. The summed E-state index contributed by atoms with van der Waals surface area (Å²) in [6.07, 6.45) is 10.3. The molecule has 0 spiro atoms. The molecule has 1 aromatic carbocycles. The largest absolute Gasteiger partial charge is 0.479 e. The zero-order valence-corrected chi connectivity index (χ0v) is 23.9. The van der Waals surface area contributed by atoms with Crippen LogP contribution < -0.4 is 0 Å². The molecule has 0 fully saturated rings. The SMILES string of the molecule is CCOC(=S)SC(CCCCCCCCC(=O)OCCC[N+](C)(C)C)CCC(=O)c1ccccc1. The van der Waals surface area contributed by atoms with Gasteiger partial charge in [0.1, 0.15) is 0 Å². The molecule has 7 heteroatoms. The standard InChI is InChI=1S/C28H46NO4S2/c1-5-32-28(34)35-25(20-21-26(30)24-16-11-10-12-17-24)18-13-8-6-7-9-14-19-27(31)33-23-15-22-29(2,3)4/h10-12,16-17,25H,5-9,13-15,18-23H2,1-4H3/q+1. The van der Waals surface area contributed by atoms with Crippen molar-refractivity contribution in [3.05, 3.63) is 35.9 Å². The number of rotatable bonds is 19. The highest BCUT2D eigenvalue weighted by molar-refractivity contribution is 8.23. The average molecular weight is 525 g/mol. The number of unbranched alkanes of at least 4 members (excludes halogenated alkanes) is 5. The quantitative estimate of drug-likeness (QED) is 0.0650. The molecule has 1 aromatic rings. The number of ether oxygens (including phenoxy) is 2. The topological polar surface area (TPSA) is 52.6 Å². The molecule has 35 heavy (non-hydrogen) atoms. The van der Waals surface area contributed by atoms with Gasteiger partial charge in [0.2, 0.25) is 4.38 Å².